The summed E-state index contributed by atoms with van der Waals surface area (Å²) in [7, 11) is 0. The molecule has 0 aliphatic carbocycles. The second-order valence-corrected chi connectivity index (χ2v) is 5.83. The molecule has 1 amide bonds. The van der Waals surface area contributed by atoms with Crippen LogP contribution in [0.5, 0.6) is 0 Å². The monoisotopic (exact) mass is 253 g/mol. The Kier molecular flexibility index (Phi) is 3.79. The normalized spacial score (nSPS) is 23.9. The van der Waals surface area contributed by atoms with Gasteiger partial charge in [-0.2, -0.15) is 0 Å². The third-order valence-electron chi connectivity index (χ3n) is 3.35. The van der Waals surface area contributed by atoms with Gasteiger partial charge in [0.25, 0.3) is 0 Å². The molecule has 2 rings (SSSR count). The number of rotatable bonds is 4. The van der Waals surface area contributed by atoms with Gasteiger partial charge in [0.05, 0.1) is 12.1 Å². The molecular weight excluding hydrogens is 234 g/mol. The molecule has 0 spiro atoms. The topological polar surface area (TPSA) is 54.0 Å². The number of thiazole rings is 1. The molecular formula is C12H19N3OS. The van der Waals surface area contributed by atoms with Crippen LogP contribution in [0.25, 0.3) is 0 Å². The smallest absolute Gasteiger partial charge is 0.240 e. The van der Waals surface area contributed by atoms with Crippen LogP contribution in [-0.4, -0.2) is 23.0 Å². The maximum Gasteiger partial charge on any atom is 0.240 e. The summed E-state index contributed by atoms with van der Waals surface area (Å²) in [6.07, 6.45) is 4.70. The maximum absolute atomic E-state index is 12.2. The number of aromatic nitrogens is 1. The molecule has 2 heterocycles. The first-order valence-corrected chi connectivity index (χ1v) is 6.92. The summed E-state index contributed by atoms with van der Waals surface area (Å²) in [4.78, 5) is 17.6. The van der Waals surface area contributed by atoms with Gasteiger partial charge < -0.3 is 10.6 Å². The van der Waals surface area contributed by atoms with Crippen molar-refractivity contribution in [3.8, 4) is 0 Å². The van der Waals surface area contributed by atoms with E-state index in [-0.39, 0.29) is 11.4 Å². The number of nitrogens with zero attached hydrogens (tertiary/aromatic N) is 1. The van der Waals surface area contributed by atoms with Crippen LogP contribution >= 0.6 is 11.3 Å². The summed E-state index contributed by atoms with van der Waals surface area (Å²) in [6, 6.07) is 0. The van der Waals surface area contributed by atoms with E-state index >= 15 is 0 Å². The summed E-state index contributed by atoms with van der Waals surface area (Å²) >= 11 is 1.63. The third kappa shape index (κ3) is 2.66. The van der Waals surface area contributed by atoms with Crippen LogP contribution in [0.15, 0.2) is 6.20 Å². The predicted octanol–water partition coefficient (Wildman–Crippen LogP) is 1.60. The summed E-state index contributed by atoms with van der Waals surface area (Å²) in [5, 5.41) is 7.30. The summed E-state index contributed by atoms with van der Waals surface area (Å²) in [6.45, 7) is 5.57. The van der Waals surface area contributed by atoms with Crippen molar-refractivity contribution in [3.05, 3.63) is 16.1 Å². The molecule has 1 fully saturated rings. The molecule has 5 heteroatoms. The van der Waals surface area contributed by atoms with Crippen molar-refractivity contribution >= 4 is 17.2 Å². The largest absolute Gasteiger partial charge is 0.348 e. The van der Waals surface area contributed by atoms with Crippen LogP contribution in [0.3, 0.4) is 0 Å². The molecule has 1 saturated heterocycles. The Bertz CT molecular complexity index is 396. The minimum Gasteiger partial charge on any atom is -0.348 e. The number of hydrogen-bond acceptors (Lipinski definition) is 4. The first-order valence-electron chi connectivity index (χ1n) is 6.11. The van der Waals surface area contributed by atoms with Crippen LogP contribution in [0.1, 0.15) is 36.1 Å². The average molecular weight is 253 g/mol. The Morgan fingerprint density at radius 1 is 1.71 bits per heavy atom. The van der Waals surface area contributed by atoms with E-state index in [2.05, 4.69) is 22.5 Å². The molecule has 2 N–H and O–H groups in total. The van der Waals surface area contributed by atoms with E-state index in [1.807, 2.05) is 13.1 Å². The molecule has 1 unspecified atom stereocenters. The van der Waals surface area contributed by atoms with E-state index in [9.17, 15) is 4.79 Å². The van der Waals surface area contributed by atoms with Gasteiger partial charge in [0.15, 0.2) is 0 Å². The summed E-state index contributed by atoms with van der Waals surface area (Å²) < 4.78 is 0. The van der Waals surface area contributed by atoms with Crippen molar-refractivity contribution in [3.63, 3.8) is 0 Å². The highest BCUT2D eigenvalue weighted by molar-refractivity contribution is 7.11. The lowest BCUT2D eigenvalue weighted by Crippen LogP contribution is -2.52. The minimum atomic E-state index is -0.341. The fraction of sp³-hybridized carbons (Fsp3) is 0.667. The van der Waals surface area contributed by atoms with Gasteiger partial charge in [0.2, 0.25) is 5.91 Å². The van der Waals surface area contributed by atoms with Gasteiger partial charge in [0.1, 0.15) is 5.01 Å². The zero-order chi connectivity index (χ0) is 12.3. The molecule has 17 heavy (non-hydrogen) atoms. The molecule has 1 atom stereocenters. The van der Waals surface area contributed by atoms with Gasteiger partial charge in [-0.3, -0.25) is 4.79 Å². The molecule has 0 saturated carbocycles. The fourth-order valence-corrected chi connectivity index (χ4v) is 3.00. The maximum atomic E-state index is 12.2. The molecule has 1 aliphatic rings. The third-order valence-corrected chi connectivity index (χ3v) is 4.26. The average Bonchev–Trinajstić information content (AvgIpc) is 2.95. The van der Waals surface area contributed by atoms with Crippen molar-refractivity contribution in [2.45, 2.75) is 45.2 Å². The lowest BCUT2D eigenvalue weighted by atomic mass is 9.93. The van der Waals surface area contributed by atoms with Crippen LogP contribution in [0.4, 0.5) is 0 Å². The molecule has 94 valence electrons. The Hall–Kier alpha value is -0.940. The number of nitrogens with one attached hydrogen (secondary N) is 2. The van der Waals surface area contributed by atoms with Crippen LogP contribution in [0.2, 0.25) is 0 Å². The second-order valence-electron chi connectivity index (χ2n) is 4.51. The van der Waals surface area contributed by atoms with Crippen molar-refractivity contribution in [1.29, 1.82) is 0 Å². The second kappa shape index (κ2) is 5.14. The predicted molar refractivity (Wildman–Crippen MR) is 69.0 cm³/mol. The number of carbonyl (C=O) groups excluding carboxylic acids is 1. The highest BCUT2D eigenvalue weighted by Crippen LogP contribution is 2.23. The van der Waals surface area contributed by atoms with Crippen LogP contribution < -0.4 is 10.6 Å². The minimum absolute atomic E-state index is 0.116. The zero-order valence-electron chi connectivity index (χ0n) is 10.4. The van der Waals surface area contributed by atoms with Gasteiger partial charge in [-0.25, -0.2) is 4.98 Å². The SMILES string of the molecule is CCC1(C(=O)NCc2ncc(C)s2)CCCN1. The van der Waals surface area contributed by atoms with Crippen molar-refractivity contribution in [2.75, 3.05) is 6.54 Å². The van der Waals surface area contributed by atoms with Gasteiger partial charge in [-0.1, -0.05) is 6.92 Å². The number of aryl methyl sites for hydroxylation is 1. The van der Waals surface area contributed by atoms with Crippen LogP contribution in [-0.2, 0) is 11.3 Å². The van der Waals surface area contributed by atoms with Crippen molar-refractivity contribution in [2.24, 2.45) is 0 Å². The van der Waals surface area contributed by atoms with Crippen molar-refractivity contribution < 1.29 is 4.79 Å². The molecule has 0 aromatic carbocycles. The van der Waals surface area contributed by atoms with E-state index in [0.717, 1.165) is 30.8 Å². The molecule has 0 radical (unpaired) electrons. The molecule has 1 aromatic heterocycles. The van der Waals surface area contributed by atoms with E-state index in [4.69, 9.17) is 0 Å². The molecule has 1 aromatic rings. The Labute approximate surface area is 106 Å². The van der Waals surface area contributed by atoms with Crippen molar-refractivity contribution in [1.82, 2.24) is 15.6 Å². The Morgan fingerprint density at radius 2 is 2.53 bits per heavy atom. The van der Waals surface area contributed by atoms with E-state index in [1.165, 1.54) is 4.88 Å². The van der Waals surface area contributed by atoms with Gasteiger partial charge in [0, 0.05) is 11.1 Å². The number of carbonyl (C=O) groups is 1. The van der Waals surface area contributed by atoms with Crippen LogP contribution in [0, 0.1) is 6.92 Å². The first kappa shape index (κ1) is 12.5. The highest BCUT2D eigenvalue weighted by Gasteiger charge is 2.38. The number of hydrogen-bond donors (Lipinski definition) is 2. The Balaban J connectivity index is 1.92. The fourth-order valence-electron chi connectivity index (χ4n) is 2.27. The highest BCUT2D eigenvalue weighted by atomic mass is 32.1. The Morgan fingerprint density at radius 3 is 3.06 bits per heavy atom. The lowest BCUT2D eigenvalue weighted by Gasteiger charge is -2.26. The molecule has 4 nitrogen and oxygen atoms in total. The summed E-state index contributed by atoms with van der Waals surface area (Å²) in [5.74, 6) is 0.116. The van der Waals surface area contributed by atoms with Gasteiger partial charge >= 0.3 is 0 Å². The van der Waals surface area contributed by atoms with E-state index in [0.29, 0.717) is 6.54 Å². The van der Waals surface area contributed by atoms with E-state index < -0.39 is 0 Å². The quantitative estimate of drug-likeness (QED) is 0.857. The molecule has 1 aliphatic heterocycles. The van der Waals surface area contributed by atoms with E-state index in [1.54, 1.807) is 11.3 Å². The number of amides is 1. The standard InChI is InChI=1S/C12H19N3OS/c1-3-12(5-4-6-15-12)11(16)14-8-10-13-7-9(2)17-10/h7,15H,3-6,8H2,1-2H3,(H,14,16). The summed E-state index contributed by atoms with van der Waals surface area (Å²) in [5.41, 5.74) is -0.341. The van der Waals surface area contributed by atoms with Gasteiger partial charge in [-0.15, -0.1) is 11.3 Å². The zero-order valence-corrected chi connectivity index (χ0v) is 11.2. The first-order chi connectivity index (χ1) is 8.16. The lowest BCUT2D eigenvalue weighted by molar-refractivity contribution is -0.127. The molecule has 0 bridgehead atoms. The van der Waals surface area contributed by atoms with Gasteiger partial charge in [-0.05, 0) is 32.7 Å².